The molecule has 168 valence electrons. The fourth-order valence-electron chi connectivity index (χ4n) is 3.83. The number of aliphatic hydroxyl groups is 1. The molecule has 2 aromatic carbocycles. The Morgan fingerprint density at radius 1 is 1.03 bits per heavy atom. The molecule has 1 aliphatic rings. The van der Waals surface area contributed by atoms with Crippen LogP contribution in [0.4, 0.5) is 4.39 Å². The normalized spacial score (nSPS) is 17.3. The minimum atomic E-state index is -0.880. The van der Waals surface area contributed by atoms with E-state index in [0.29, 0.717) is 11.3 Å². The number of carbonyl (C=O) groups excluding carboxylic acids is 2. The van der Waals surface area contributed by atoms with Gasteiger partial charge in [0.15, 0.2) is 11.6 Å². The number of ether oxygens (including phenoxy) is 2. The summed E-state index contributed by atoms with van der Waals surface area (Å²) in [5.41, 5.74) is 1.30. The van der Waals surface area contributed by atoms with Crippen LogP contribution in [0.15, 0.2) is 72.6 Å². The summed E-state index contributed by atoms with van der Waals surface area (Å²) in [5.74, 6) is -2.18. The number of aromatic nitrogens is 1. The third kappa shape index (κ3) is 4.15. The van der Waals surface area contributed by atoms with Gasteiger partial charge in [0, 0.05) is 24.5 Å². The molecule has 33 heavy (non-hydrogen) atoms. The average molecular weight is 448 g/mol. The monoisotopic (exact) mass is 448 g/mol. The van der Waals surface area contributed by atoms with Crippen LogP contribution in [0.1, 0.15) is 22.7 Å². The zero-order chi connectivity index (χ0) is 23.5. The summed E-state index contributed by atoms with van der Waals surface area (Å²) in [4.78, 5) is 31.5. The highest BCUT2D eigenvalue weighted by Crippen LogP contribution is 2.41. The number of ketones is 1. The lowest BCUT2D eigenvalue weighted by atomic mass is 9.95. The molecule has 0 spiro atoms. The number of pyridine rings is 1. The summed E-state index contributed by atoms with van der Waals surface area (Å²) < 4.78 is 24.4. The first kappa shape index (κ1) is 22.0. The van der Waals surface area contributed by atoms with E-state index in [4.69, 9.17) is 9.47 Å². The Balaban J connectivity index is 1.85. The number of aliphatic hydroxyl groups excluding tert-OH is 1. The van der Waals surface area contributed by atoms with Gasteiger partial charge < -0.3 is 19.5 Å². The number of rotatable bonds is 6. The van der Waals surface area contributed by atoms with Gasteiger partial charge in [-0.05, 0) is 53.6 Å². The molecule has 2 heterocycles. The zero-order valence-corrected chi connectivity index (χ0v) is 18.0. The molecular formula is C25H21FN2O5. The fourth-order valence-corrected chi connectivity index (χ4v) is 3.83. The summed E-state index contributed by atoms with van der Waals surface area (Å²) in [7, 11) is 2.86. The van der Waals surface area contributed by atoms with Crippen LogP contribution in [-0.2, 0) is 16.1 Å². The van der Waals surface area contributed by atoms with E-state index >= 15 is 0 Å². The van der Waals surface area contributed by atoms with Gasteiger partial charge in [-0.25, -0.2) is 4.39 Å². The van der Waals surface area contributed by atoms with Crippen LogP contribution in [0.3, 0.4) is 0 Å². The Bertz CT molecular complexity index is 1230. The predicted octanol–water partition coefficient (Wildman–Crippen LogP) is 3.86. The smallest absolute Gasteiger partial charge is 0.295 e. The van der Waals surface area contributed by atoms with Gasteiger partial charge in [0.1, 0.15) is 11.5 Å². The molecule has 8 heteroatoms. The van der Waals surface area contributed by atoms with Gasteiger partial charge in [-0.3, -0.25) is 14.6 Å². The standard InChI is InChI=1S/C25H21FN2O5/c1-32-18-6-3-16(4-7-18)22-21(23(29)17-5-8-20(33-2)19(26)13-17)24(30)25(31)28(22)14-15-9-11-27-12-10-15/h3-13,22,29H,14H2,1-2H3/t22-/m1/s1. The van der Waals surface area contributed by atoms with E-state index in [1.54, 1.807) is 48.8 Å². The molecule has 1 amide bonds. The van der Waals surface area contributed by atoms with E-state index in [1.165, 1.54) is 31.3 Å². The number of nitrogens with zero attached hydrogens (tertiary/aromatic N) is 2. The second-order valence-corrected chi connectivity index (χ2v) is 7.40. The predicted molar refractivity (Wildman–Crippen MR) is 118 cm³/mol. The number of methoxy groups -OCH3 is 2. The Labute approximate surface area is 189 Å². The van der Waals surface area contributed by atoms with Gasteiger partial charge in [0.05, 0.1) is 25.8 Å². The topological polar surface area (TPSA) is 89.0 Å². The van der Waals surface area contributed by atoms with Crippen molar-refractivity contribution in [2.45, 2.75) is 12.6 Å². The van der Waals surface area contributed by atoms with Crippen LogP contribution >= 0.6 is 0 Å². The van der Waals surface area contributed by atoms with Crippen molar-refractivity contribution >= 4 is 17.4 Å². The highest BCUT2D eigenvalue weighted by atomic mass is 19.1. The summed E-state index contributed by atoms with van der Waals surface area (Å²) in [6.07, 6.45) is 3.18. The number of carbonyl (C=O) groups is 2. The van der Waals surface area contributed by atoms with E-state index in [-0.39, 0.29) is 23.4 Å². The first-order valence-corrected chi connectivity index (χ1v) is 10.1. The SMILES string of the molecule is COc1ccc([C@@H]2C(=C(O)c3ccc(OC)c(F)c3)C(=O)C(=O)N2Cc2ccncc2)cc1. The lowest BCUT2D eigenvalue weighted by molar-refractivity contribution is -0.140. The molecule has 1 atom stereocenters. The molecule has 1 aliphatic heterocycles. The van der Waals surface area contributed by atoms with Crippen LogP contribution in [-0.4, -0.2) is 40.9 Å². The summed E-state index contributed by atoms with van der Waals surface area (Å²) >= 11 is 0. The molecule has 0 saturated carbocycles. The fraction of sp³-hybridized carbons (Fsp3) is 0.160. The minimum absolute atomic E-state index is 0.00334. The number of halogens is 1. The third-order valence-corrected chi connectivity index (χ3v) is 5.50. The minimum Gasteiger partial charge on any atom is -0.507 e. The van der Waals surface area contributed by atoms with E-state index in [0.717, 1.165) is 11.6 Å². The lowest BCUT2D eigenvalue weighted by Crippen LogP contribution is -2.29. The molecule has 0 aliphatic carbocycles. The Morgan fingerprint density at radius 2 is 1.73 bits per heavy atom. The number of hydrogen-bond acceptors (Lipinski definition) is 6. The molecule has 0 unspecified atom stereocenters. The number of likely N-dealkylation sites (tertiary alicyclic amines) is 1. The van der Waals surface area contributed by atoms with E-state index in [1.807, 2.05) is 0 Å². The van der Waals surface area contributed by atoms with Crippen LogP contribution in [0.2, 0.25) is 0 Å². The first-order valence-electron chi connectivity index (χ1n) is 10.1. The Kier molecular flexibility index (Phi) is 6.08. The molecule has 7 nitrogen and oxygen atoms in total. The van der Waals surface area contributed by atoms with Gasteiger partial charge in [-0.1, -0.05) is 12.1 Å². The maximum absolute atomic E-state index is 14.3. The highest BCUT2D eigenvalue weighted by Gasteiger charge is 2.46. The van der Waals surface area contributed by atoms with Gasteiger partial charge in [-0.2, -0.15) is 0 Å². The van der Waals surface area contributed by atoms with Crippen molar-refractivity contribution in [1.82, 2.24) is 9.88 Å². The number of hydrogen-bond donors (Lipinski definition) is 1. The zero-order valence-electron chi connectivity index (χ0n) is 18.0. The Hall–Kier alpha value is -4.20. The number of benzene rings is 2. The lowest BCUT2D eigenvalue weighted by Gasteiger charge is -2.25. The molecule has 3 aromatic rings. The van der Waals surface area contributed by atoms with Crippen molar-refractivity contribution in [3.8, 4) is 11.5 Å². The van der Waals surface area contributed by atoms with Crippen LogP contribution in [0.5, 0.6) is 11.5 Å². The van der Waals surface area contributed by atoms with E-state index in [2.05, 4.69) is 4.98 Å². The van der Waals surface area contributed by atoms with Crippen molar-refractivity contribution in [2.24, 2.45) is 0 Å². The van der Waals surface area contributed by atoms with E-state index in [9.17, 15) is 19.1 Å². The second-order valence-electron chi connectivity index (χ2n) is 7.40. The van der Waals surface area contributed by atoms with Crippen molar-refractivity contribution < 1.29 is 28.6 Å². The average Bonchev–Trinajstić information content (AvgIpc) is 3.09. The first-order chi connectivity index (χ1) is 15.9. The molecule has 1 aromatic heterocycles. The second kappa shape index (κ2) is 9.12. The highest BCUT2D eigenvalue weighted by molar-refractivity contribution is 6.46. The summed E-state index contributed by atoms with van der Waals surface area (Å²) in [6, 6.07) is 13.3. The molecule has 1 N–H and O–H groups in total. The summed E-state index contributed by atoms with van der Waals surface area (Å²) in [5, 5.41) is 11.1. The maximum atomic E-state index is 14.3. The van der Waals surface area contributed by atoms with Gasteiger partial charge >= 0.3 is 0 Å². The number of amides is 1. The third-order valence-electron chi connectivity index (χ3n) is 5.50. The molecular weight excluding hydrogens is 427 g/mol. The van der Waals surface area contributed by atoms with Gasteiger partial charge in [0.2, 0.25) is 0 Å². The van der Waals surface area contributed by atoms with E-state index < -0.39 is 29.3 Å². The van der Waals surface area contributed by atoms with Crippen molar-refractivity contribution in [1.29, 1.82) is 0 Å². The quantitative estimate of drug-likeness (QED) is 0.350. The van der Waals surface area contributed by atoms with Crippen LogP contribution in [0.25, 0.3) is 5.76 Å². The van der Waals surface area contributed by atoms with Crippen molar-refractivity contribution in [3.63, 3.8) is 0 Å². The van der Waals surface area contributed by atoms with Crippen LogP contribution < -0.4 is 9.47 Å². The molecule has 4 rings (SSSR count). The largest absolute Gasteiger partial charge is 0.507 e. The van der Waals surface area contributed by atoms with Crippen LogP contribution in [0, 0.1) is 5.82 Å². The summed E-state index contributed by atoms with van der Waals surface area (Å²) in [6.45, 7) is 0.123. The van der Waals surface area contributed by atoms with Gasteiger partial charge in [-0.15, -0.1) is 0 Å². The van der Waals surface area contributed by atoms with Gasteiger partial charge in [0.25, 0.3) is 11.7 Å². The Morgan fingerprint density at radius 3 is 2.33 bits per heavy atom. The molecule has 1 saturated heterocycles. The number of Topliss-reactive ketones (excluding diaryl/α,β-unsaturated/α-hetero) is 1. The molecule has 0 radical (unpaired) electrons. The van der Waals surface area contributed by atoms with Crippen molar-refractivity contribution in [3.05, 3.63) is 95.1 Å². The maximum Gasteiger partial charge on any atom is 0.295 e. The molecule has 0 bridgehead atoms. The van der Waals surface area contributed by atoms with Crippen molar-refractivity contribution in [2.75, 3.05) is 14.2 Å². The molecule has 1 fully saturated rings.